The Kier molecular flexibility index (Phi) is 3.89. The SMILES string of the molecule is CC(C)(C)OC(=O)NCC[NH3+]. The minimum atomic E-state index is -0.411. The molecule has 11 heavy (non-hydrogen) atoms. The van der Waals surface area contributed by atoms with Crippen LogP contribution in [0, 0.1) is 0 Å². The summed E-state index contributed by atoms with van der Waals surface area (Å²) in [5.74, 6) is 0. The number of nitrogens with one attached hydrogen (secondary N) is 1. The predicted octanol–water partition coefficient (Wildman–Crippen LogP) is -0.247. The number of hydrogen-bond donors (Lipinski definition) is 2. The predicted molar refractivity (Wildman–Crippen MR) is 42.0 cm³/mol. The van der Waals surface area contributed by atoms with Crippen LogP contribution < -0.4 is 11.1 Å². The molecule has 0 aliphatic carbocycles. The van der Waals surface area contributed by atoms with Crippen LogP contribution in [-0.2, 0) is 4.74 Å². The third kappa shape index (κ3) is 7.12. The molecule has 0 aromatic carbocycles. The molecule has 0 aromatic rings. The van der Waals surface area contributed by atoms with E-state index in [0.29, 0.717) is 13.1 Å². The average Bonchev–Trinajstić information content (AvgIpc) is 1.79. The molecule has 0 rings (SSSR count). The first-order valence-corrected chi connectivity index (χ1v) is 3.72. The van der Waals surface area contributed by atoms with Crippen LogP contribution in [0.15, 0.2) is 0 Å². The Balaban J connectivity index is 3.53. The Morgan fingerprint density at radius 3 is 2.45 bits per heavy atom. The average molecular weight is 161 g/mol. The van der Waals surface area contributed by atoms with E-state index in [2.05, 4.69) is 11.1 Å². The highest BCUT2D eigenvalue weighted by atomic mass is 16.6. The van der Waals surface area contributed by atoms with Crippen molar-refractivity contribution in [3.8, 4) is 0 Å². The van der Waals surface area contributed by atoms with E-state index in [1.165, 1.54) is 0 Å². The van der Waals surface area contributed by atoms with Gasteiger partial charge in [-0.1, -0.05) is 0 Å². The summed E-state index contributed by atoms with van der Waals surface area (Å²) in [5.41, 5.74) is 3.17. The van der Waals surface area contributed by atoms with Gasteiger partial charge in [-0.2, -0.15) is 0 Å². The van der Waals surface area contributed by atoms with Gasteiger partial charge in [0.25, 0.3) is 0 Å². The molecule has 0 fully saturated rings. The second-order valence-electron chi connectivity index (χ2n) is 3.28. The zero-order valence-electron chi connectivity index (χ0n) is 7.44. The molecule has 1 amide bonds. The Labute approximate surface area is 67.1 Å². The quantitative estimate of drug-likeness (QED) is 0.586. The molecule has 0 saturated carbocycles. The van der Waals surface area contributed by atoms with Crippen LogP contribution in [0.3, 0.4) is 0 Å². The summed E-state index contributed by atoms with van der Waals surface area (Å²) < 4.78 is 4.96. The molecule has 0 saturated heterocycles. The Hall–Kier alpha value is -0.770. The van der Waals surface area contributed by atoms with Gasteiger partial charge in [0.2, 0.25) is 0 Å². The minimum Gasteiger partial charge on any atom is -0.444 e. The maximum atomic E-state index is 10.9. The summed E-state index contributed by atoms with van der Waals surface area (Å²) in [6.45, 7) is 6.73. The Morgan fingerprint density at radius 1 is 1.55 bits per heavy atom. The molecule has 4 N–H and O–H groups in total. The summed E-state index contributed by atoms with van der Waals surface area (Å²) in [5, 5.41) is 2.57. The van der Waals surface area contributed by atoms with Gasteiger partial charge < -0.3 is 15.8 Å². The smallest absolute Gasteiger partial charge is 0.407 e. The van der Waals surface area contributed by atoms with Gasteiger partial charge in [-0.05, 0) is 20.8 Å². The number of alkyl carbamates (subject to hydrolysis) is 1. The molecule has 0 aromatic heterocycles. The maximum Gasteiger partial charge on any atom is 0.407 e. The lowest BCUT2D eigenvalue weighted by Gasteiger charge is -2.19. The largest absolute Gasteiger partial charge is 0.444 e. The van der Waals surface area contributed by atoms with Gasteiger partial charge in [0.05, 0.1) is 13.1 Å². The second-order valence-corrected chi connectivity index (χ2v) is 3.28. The van der Waals surface area contributed by atoms with Crippen LogP contribution in [0.5, 0.6) is 0 Å². The van der Waals surface area contributed by atoms with E-state index < -0.39 is 5.60 Å². The monoisotopic (exact) mass is 161 g/mol. The van der Waals surface area contributed by atoms with Crippen molar-refractivity contribution >= 4 is 6.09 Å². The molecule has 4 nitrogen and oxygen atoms in total. The van der Waals surface area contributed by atoms with Crippen molar-refractivity contribution in [2.75, 3.05) is 13.1 Å². The lowest BCUT2D eigenvalue weighted by molar-refractivity contribution is -0.364. The normalized spacial score (nSPS) is 10.9. The van der Waals surface area contributed by atoms with E-state index in [9.17, 15) is 4.79 Å². The number of carbonyl (C=O) groups excluding carboxylic acids is 1. The molecule has 0 atom stereocenters. The van der Waals surface area contributed by atoms with Crippen molar-refractivity contribution in [2.45, 2.75) is 26.4 Å². The Morgan fingerprint density at radius 2 is 2.09 bits per heavy atom. The first-order chi connectivity index (χ1) is 4.95. The fourth-order valence-electron chi connectivity index (χ4n) is 0.505. The molecular weight excluding hydrogens is 144 g/mol. The van der Waals surface area contributed by atoms with Crippen molar-refractivity contribution < 1.29 is 15.3 Å². The van der Waals surface area contributed by atoms with Crippen LogP contribution in [0.1, 0.15) is 20.8 Å². The zero-order chi connectivity index (χ0) is 8.91. The number of carbonyl (C=O) groups is 1. The van der Waals surface area contributed by atoms with Crippen molar-refractivity contribution in [3.63, 3.8) is 0 Å². The van der Waals surface area contributed by atoms with Gasteiger partial charge in [-0.25, -0.2) is 4.79 Å². The molecule has 0 aliphatic rings. The minimum absolute atomic E-state index is 0.374. The highest BCUT2D eigenvalue weighted by molar-refractivity contribution is 5.67. The number of hydrogen-bond acceptors (Lipinski definition) is 2. The van der Waals surface area contributed by atoms with E-state index in [1.807, 2.05) is 20.8 Å². The molecule has 66 valence electrons. The van der Waals surface area contributed by atoms with Crippen molar-refractivity contribution in [1.82, 2.24) is 5.32 Å². The Bertz CT molecular complexity index is 129. The van der Waals surface area contributed by atoms with Gasteiger partial charge in [0, 0.05) is 0 Å². The summed E-state index contributed by atoms with van der Waals surface area (Å²) in [4.78, 5) is 10.9. The fourth-order valence-corrected chi connectivity index (χ4v) is 0.505. The van der Waals surface area contributed by atoms with Gasteiger partial charge in [0.1, 0.15) is 5.60 Å². The topological polar surface area (TPSA) is 66.0 Å². The van der Waals surface area contributed by atoms with E-state index >= 15 is 0 Å². The highest BCUT2D eigenvalue weighted by Gasteiger charge is 2.15. The molecule has 0 bridgehead atoms. The van der Waals surface area contributed by atoms with Crippen LogP contribution in [0.4, 0.5) is 4.79 Å². The molecular formula is C7H17N2O2+. The zero-order valence-corrected chi connectivity index (χ0v) is 7.44. The lowest BCUT2D eigenvalue weighted by atomic mass is 10.2. The number of rotatable bonds is 2. The van der Waals surface area contributed by atoms with Crippen LogP contribution >= 0.6 is 0 Å². The summed E-state index contributed by atoms with van der Waals surface area (Å²) >= 11 is 0. The third-order valence-corrected chi connectivity index (χ3v) is 0.845. The number of quaternary nitrogens is 1. The lowest BCUT2D eigenvalue weighted by Crippen LogP contribution is -2.55. The van der Waals surface area contributed by atoms with Crippen LogP contribution in [-0.4, -0.2) is 24.8 Å². The molecule has 0 spiro atoms. The third-order valence-electron chi connectivity index (χ3n) is 0.845. The molecule has 4 heteroatoms. The molecule has 0 aliphatic heterocycles. The van der Waals surface area contributed by atoms with Gasteiger partial charge in [-0.15, -0.1) is 0 Å². The number of ether oxygens (including phenoxy) is 1. The summed E-state index contributed by atoms with van der Waals surface area (Å²) in [7, 11) is 0. The highest BCUT2D eigenvalue weighted by Crippen LogP contribution is 2.05. The van der Waals surface area contributed by atoms with Crippen molar-refractivity contribution in [2.24, 2.45) is 0 Å². The first kappa shape index (κ1) is 10.2. The van der Waals surface area contributed by atoms with E-state index in [1.54, 1.807) is 0 Å². The second kappa shape index (κ2) is 4.18. The van der Waals surface area contributed by atoms with Crippen molar-refractivity contribution in [1.29, 1.82) is 0 Å². The van der Waals surface area contributed by atoms with E-state index in [-0.39, 0.29) is 6.09 Å². The molecule has 0 unspecified atom stereocenters. The van der Waals surface area contributed by atoms with E-state index in [4.69, 9.17) is 4.74 Å². The van der Waals surface area contributed by atoms with Gasteiger partial charge >= 0.3 is 6.09 Å². The molecule has 0 heterocycles. The van der Waals surface area contributed by atoms with Gasteiger partial charge in [-0.3, -0.25) is 0 Å². The van der Waals surface area contributed by atoms with Gasteiger partial charge in [0.15, 0.2) is 0 Å². The standard InChI is InChI=1S/C7H16N2O2/c1-7(2,3)11-6(10)9-5-4-8/h4-5,8H2,1-3H3,(H,9,10)/p+1. The van der Waals surface area contributed by atoms with Crippen molar-refractivity contribution in [3.05, 3.63) is 0 Å². The summed E-state index contributed by atoms with van der Waals surface area (Å²) in [6, 6.07) is 0. The number of amides is 1. The fraction of sp³-hybridized carbons (Fsp3) is 0.857. The molecule has 0 radical (unpaired) electrons. The van der Waals surface area contributed by atoms with Crippen LogP contribution in [0.25, 0.3) is 0 Å². The van der Waals surface area contributed by atoms with E-state index in [0.717, 1.165) is 0 Å². The maximum absolute atomic E-state index is 10.9. The first-order valence-electron chi connectivity index (χ1n) is 3.72. The van der Waals surface area contributed by atoms with Crippen LogP contribution in [0.2, 0.25) is 0 Å². The summed E-state index contributed by atoms with van der Waals surface area (Å²) in [6.07, 6.45) is -0.374.